The second-order valence-electron chi connectivity index (χ2n) is 2.98. The molecule has 7 heteroatoms. The lowest BCUT2D eigenvalue weighted by Crippen LogP contribution is -2.15. The van der Waals surface area contributed by atoms with Crippen molar-refractivity contribution in [2.75, 3.05) is 5.32 Å². The minimum Gasteiger partial charge on any atom is -0.478 e. The van der Waals surface area contributed by atoms with Gasteiger partial charge in [-0.25, -0.2) is 9.78 Å². The second-order valence-corrected chi connectivity index (χ2v) is 5.39. The van der Waals surface area contributed by atoms with Gasteiger partial charge in [0, 0.05) is 11.1 Å². The van der Waals surface area contributed by atoms with Crippen molar-refractivity contribution in [1.29, 1.82) is 0 Å². The van der Waals surface area contributed by atoms with Crippen LogP contribution in [0, 0.1) is 0 Å². The van der Waals surface area contributed by atoms with Crippen molar-refractivity contribution in [3.8, 4) is 0 Å². The molecule has 16 heavy (non-hydrogen) atoms. The fraction of sp³-hybridized carbons (Fsp3) is 0.222. The number of hydrogen-bond donors (Lipinski definition) is 2. The number of rotatable bonds is 3. The molecule has 0 aliphatic carbocycles. The molecule has 0 aliphatic rings. The van der Waals surface area contributed by atoms with E-state index in [9.17, 15) is 9.59 Å². The Morgan fingerprint density at radius 2 is 2.06 bits per heavy atom. The van der Waals surface area contributed by atoms with Gasteiger partial charge in [-0.2, -0.15) is 0 Å². The van der Waals surface area contributed by atoms with Crippen LogP contribution in [-0.4, -0.2) is 22.0 Å². The van der Waals surface area contributed by atoms with Crippen molar-refractivity contribution < 1.29 is 14.7 Å². The van der Waals surface area contributed by atoms with Crippen LogP contribution in [0.4, 0.5) is 5.13 Å². The smallest absolute Gasteiger partial charge is 0.331 e. The average molecular weight is 305 g/mol. The monoisotopic (exact) mass is 304 g/mol. The molecule has 0 bridgehead atoms. The number of aliphatic carboxylic acids is 1. The highest BCUT2D eigenvalue weighted by molar-refractivity contribution is 9.11. The molecule has 0 unspecified atom stereocenters. The number of hydrogen-bond acceptors (Lipinski definition) is 4. The zero-order chi connectivity index (χ0) is 12.3. The van der Waals surface area contributed by atoms with E-state index in [1.165, 1.54) is 25.2 Å². The molecular weight excluding hydrogens is 296 g/mol. The molecule has 1 amide bonds. The van der Waals surface area contributed by atoms with Crippen LogP contribution in [0.25, 0.3) is 0 Å². The van der Waals surface area contributed by atoms with Gasteiger partial charge in [-0.15, -0.1) is 0 Å². The van der Waals surface area contributed by atoms with Gasteiger partial charge in [0.05, 0.1) is 9.98 Å². The molecule has 1 aromatic rings. The van der Waals surface area contributed by atoms with Gasteiger partial charge >= 0.3 is 5.97 Å². The van der Waals surface area contributed by atoms with E-state index in [0.29, 0.717) is 5.13 Å². The summed E-state index contributed by atoms with van der Waals surface area (Å²) in [5.74, 6) is -1.56. The lowest BCUT2D eigenvalue weighted by molar-refractivity contribution is -0.133. The molecule has 1 aromatic heterocycles. The van der Waals surface area contributed by atoms with E-state index in [4.69, 9.17) is 5.11 Å². The van der Waals surface area contributed by atoms with Crippen molar-refractivity contribution in [1.82, 2.24) is 4.98 Å². The first-order valence-electron chi connectivity index (χ1n) is 4.25. The average Bonchev–Trinajstić information content (AvgIpc) is 2.61. The Bertz CT molecular complexity index is 467. The molecule has 2 N–H and O–H groups in total. The molecular formula is C9H9BrN2O3S. The highest BCUT2D eigenvalue weighted by Crippen LogP contribution is 2.23. The van der Waals surface area contributed by atoms with Crippen LogP contribution >= 0.6 is 27.3 Å². The molecule has 0 aliphatic heterocycles. The van der Waals surface area contributed by atoms with Crippen molar-refractivity contribution >= 4 is 44.3 Å². The summed E-state index contributed by atoms with van der Waals surface area (Å²) >= 11 is 4.47. The van der Waals surface area contributed by atoms with E-state index >= 15 is 0 Å². The quantitative estimate of drug-likeness (QED) is 0.840. The maximum atomic E-state index is 11.6. The molecule has 86 valence electrons. The molecule has 0 fully saturated rings. The molecule has 0 saturated carbocycles. The first-order valence-corrected chi connectivity index (χ1v) is 5.86. The number of nitrogens with one attached hydrogen (secondary N) is 1. The number of halogens is 1. The summed E-state index contributed by atoms with van der Waals surface area (Å²) in [4.78, 5) is 26.1. The Kier molecular flexibility index (Phi) is 4.19. The van der Waals surface area contributed by atoms with E-state index in [0.717, 1.165) is 3.79 Å². The second kappa shape index (κ2) is 5.22. The zero-order valence-electron chi connectivity index (χ0n) is 8.57. The number of carboxylic acids is 1. The fourth-order valence-electron chi connectivity index (χ4n) is 0.834. The molecule has 0 spiro atoms. The van der Waals surface area contributed by atoms with Gasteiger partial charge in [-0.1, -0.05) is 11.3 Å². The van der Waals surface area contributed by atoms with Crippen LogP contribution in [0.5, 0.6) is 0 Å². The zero-order valence-corrected chi connectivity index (χ0v) is 11.0. The van der Waals surface area contributed by atoms with Crippen molar-refractivity contribution in [3.63, 3.8) is 0 Å². The molecule has 0 aromatic carbocycles. The van der Waals surface area contributed by atoms with Crippen LogP contribution in [-0.2, 0) is 9.59 Å². The van der Waals surface area contributed by atoms with Crippen molar-refractivity contribution in [2.24, 2.45) is 0 Å². The van der Waals surface area contributed by atoms with Gasteiger partial charge in [0.15, 0.2) is 5.13 Å². The molecule has 0 radical (unpaired) electrons. The third kappa shape index (κ3) is 3.14. The third-order valence-corrected chi connectivity index (χ3v) is 3.31. The summed E-state index contributed by atoms with van der Waals surface area (Å²) in [6.07, 6.45) is 1.56. The Morgan fingerprint density at radius 1 is 1.44 bits per heavy atom. The lowest BCUT2D eigenvalue weighted by atomic mass is 10.1. The predicted octanol–water partition coefficient (Wildman–Crippen LogP) is 2.27. The Balaban J connectivity index is 2.81. The van der Waals surface area contributed by atoms with E-state index < -0.39 is 11.9 Å². The maximum absolute atomic E-state index is 11.6. The molecule has 1 rings (SSSR count). The van der Waals surface area contributed by atoms with Crippen LogP contribution in [0.3, 0.4) is 0 Å². The van der Waals surface area contributed by atoms with E-state index in [-0.39, 0.29) is 11.1 Å². The number of aromatic nitrogens is 1. The molecule has 0 saturated heterocycles. The third-order valence-electron chi connectivity index (χ3n) is 1.92. The Labute approximate surface area is 104 Å². The highest BCUT2D eigenvalue weighted by Gasteiger charge is 2.13. The predicted molar refractivity (Wildman–Crippen MR) is 64.5 cm³/mol. The standard InChI is InChI=1S/C9H9BrN2O3S/c1-4(5(2)8(14)15)7(13)12-9-11-3-6(10)16-9/h3H,1-2H3,(H,14,15)(H,11,12,13). The summed E-state index contributed by atoms with van der Waals surface area (Å²) in [7, 11) is 0. The SMILES string of the molecule is CC(C(=O)O)=C(C)C(=O)Nc1ncc(Br)s1. The molecule has 1 heterocycles. The van der Waals surface area contributed by atoms with Gasteiger partial charge in [0.2, 0.25) is 0 Å². The van der Waals surface area contributed by atoms with Gasteiger partial charge in [-0.05, 0) is 29.8 Å². The number of thiazole rings is 1. The summed E-state index contributed by atoms with van der Waals surface area (Å²) in [6, 6.07) is 0. The van der Waals surface area contributed by atoms with Crippen molar-refractivity contribution in [3.05, 3.63) is 21.1 Å². The first-order chi connectivity index (χ1) is 7.41. The number of carbonyl (C=O) groups is 2. The topological polar surface area (TPSA) is 79.3 Å². The van der Waals surface area contributed by atoms with E-state index in [1.54, 1.807) is 6.20 Å². The fourth-order valence-corrected chi connectivity index (χ4v) is 1.94. The number of nitrogens with zero attached hydrogens (tertiary/aromatic N) is 1. The maximum Gasteiger partial charge on any atom is 0.331 e. The number of carbonyl (C=O) groups excluding carboxylic acids is 1. The normalized spacial score (nSPS) is 11.9. The first kappa shape index (κ1) is 12.9. The van der Waals surface area contributed by atoms with Crippen LogP contribution in [0.1, 0.15) is 13.8 Å². The van der Waals surface area contributed by atoms with Crippen LogP contribution < -0.4 is 5.32 Å². The van der Waals surface area contributed by atoms with Gasteiger partial charge < -0.3 is 5.11 Å². The van der Waals surface area contributed by atoms with Gasteiger partial charge in [0.25, 0.3) is 5.91 Å². The molecule has 0 atom stereocenters. The lowest BCUT2D eigenvalue weighted by Gasteiger charge is -2.03. The Morgan fingerprint density at radius 3 is 2.50 bits per heavy atom. The van der Waals surface area contributed by atoms with E-state index in [2.05, 4.69) is 26.2 Å². The minimum absolute atomic E-state index is 0.0214. The van der Waals surface area contributed by atoms with E-state index in [1.807, 2.05) is 0 Å². The summed E-state index contributed by atoms with van der Waals surface area (Å²) in [5, 5.41) is 11.7. The van der Waals surface area contributed by atoms with Crippen molar-refractivity contribution in [2.45, 2.75) is 13.8 Å². The largest absolute Gasteiger partial charge is 0.478 e. The molecule has 5 nitrogen and oxygen atoms in total. The summed E-state index contributed by atoms with van der Waals surface area (Å²) in [5.41, 5.74) is 0.187. The van der Waals surface area contributed by atoms with Gasteiger partial charge in [-0.3, -0.25) is 10.1 Å². The number of anilines is 1. The van der Waals surface area contributed by atoms with Gasteiger partial charge in [0.1, 0.15) is 0 Å². The number of amides is 1. The van der Waals surface area contributed by atoms with Crippen LogP contribution in [0.2, 0.25) is 0 Å². The Hall–Kier alpha value is -1.21. The highest BCUT2D eigenvalue weighted by atomic mass is 79.9. The van der Waals surface area contributed by atoms with Crippen LogP contribution in [0.15, 0.2) is 21.1 Å². The number of carboxylic acid groups (broad SMARTS) is 1. The summed E-state index contributed by atoms with van der Waals surface area (Å²) < 4.78 is 0.791. The summed E-state index contributed by atoms with van der Waals surface area (Å²) in [6.45, 7) is 2.84. The minimum atomic E-state index is -1.10.